The van der Waals surface area contributed by atoms with Crippen molar-refractivity contribution in [3.05, 3.63) is 101 Å². The van der Waals surface area contributed by atoms with Gasteiger partial charge in [0.1, 0.15) is 11.8 Å². The fourth-order valence-corrected chi connectivity index (χ4v) is 3.71. The number of amides is 2. The van der Waals surface area contributed by atoms with Gasteiger partial charge in [0.05, 0.1) is 0 Å². The maximum absolute atomic E-state index is 13.4. The van der Waals surface area contributed by atoms with Crippen LogP contribution >= 0.6 is 11.6 Å². The number of hydrogen-bond donors (Lipinski definition) is 1. The number of benzene rings is 3. The quantitative estimate of drug-likeness (QED) is 0.468. The summed E-state index contributed by atoms with van der Waals surface area (Å²) in [6.07, 6.45) is 0.382. The summed E-state index contributed by atoms with van der Waals surface area (Å²) in [5.74, 6) is 0.101. The number of carbonyl (C=O) groups is 2. The molecular formula is C27H29ClN2O3. The maximum Gasteiger partial charge on any atom is 0.261 e. The molecule has 3 rings (SSSR count). The maximum atomic E-state index is 13.4. The van der Waals surface area contributed by atoms with Crippen LogP contribution in [0.5, 0.6) is 5.75 Å². The number of ether oxygens (including phenoxy) is 1. The molecule has 2 amide bonds. The van der Waals surface area contributed by atoms with Crippen LogP contribution in [0.2, 0.25) is 5.02 Å². The van der Waals surface area contributed by atoms with Gasteiger partial charge in [0.15, 0.2) is 6.61 Å². The molecule has 0 saturated heterocycles. The molecule has 0 saturated carbocycles. The van der Waals surface area contributed by atoms with Gasteiger partial charge in [0.2, 0.25) is 5.91 Å². The highest BCUT2D eigenvalue weighted by Gasteiger charge is 2.30. The first kappa shape index (κ1) is 24.3. The molecule has 1 atom stereocenters. The van der Waals surface area contributed by atoms with Gasteiger partial charge in [-0.1, -0.05) is 77.8 Å². The van der Waals surface area contributed by atoms with Crippen LogP contribution in [0.1, 0.15) is 23.6 Å². The van der Waals surface area contributed by atoms with E-state index in [1.807, 2.05) is 86.6 Å². The molecule has 0 aromatic heterocycles. The zero-order valence-electron chi connectivity index (χ0n) is 19.0. The molecule has 0 heterocycles. The van der Waals surface area contributed by atoms with Crippen molar-refractivity contribution in [3.8, 4) is 5.75 Å². The molecule has 33 heavy (non-hydrogen) atoms. The molecule has 0 radical (unpaired) electrons. The van der Waals surface area contributed by atoms with Gasteiger partial charge in [-0.15, -0.1) is 0 Å². The van der Waals surface area contributed by atoms with E-state index in [2.05, 4.69) is 5.32 Å². The third-order valence-corrected chi connectivity index (χ3v) is 5.67. The van der Waals surface area contributed by atoms with E-state index < -0.39 is 6.04 Å². The van der Waals surface area contributed by atoms with Crippen LogP contribution in [-0.4, -0.2) is 35.9 Å². The number of likely N-dealkylation sites (N-methyl/N-ethyl adjacent to an activating group) is 1. The lowest BCUT2D eigenvalue weighted by atomic mass is 10.0. The molecule has 1 N–H and O–H groups in total. The molecule has 6 heteroatoms. The first-order valence-corrected chi connectivity index (χ1v) is 11.4. The second kappa shape index (κ2) is 12.1. The summed E-state index contributed by atoms with van der Waals surface area (Å²) < 4.78 is 5.76. The predicted molar refractivity (Wildman–Crippen MR) is 131 cm³/mol. The largest absolute Gasteiger partial charge is 0.484 e. The van der Waals surface area contributed by atoms with Crippen LogP contribution < -0.4 is 10.1 Å². The Morgan fingerprint density at radius 3 is 2.30 bits per heavy atom. The normalized spacial score (nSPS) is 11.5. The van der Waals surface area contributed by atoms with E-state index in [4.69, 9.17) is 16.3 Å². The molecule has 5 nitrogen and oxygen atoms in total. The van der Waals surface area contributed by atoms with Gasteiger partial charge in [-0.2, -0.15) is 0 Å². The zero-order chi connectivity index (χ0) is 23.6. The molecule has 3 aromatic carbocycles. The van der Waals surface area contributed by atoms with Crippen LogP contribution in [-0.2, 0) is 22.6 Å². The van der Waals surface area contributed by atoms with Crippen molar-refractivity contribution in [1.82, 2.24) is 10.2 Å². The minimum Gasteiger partial charge on any atom is -0.484 e. The molecule has 3 aromatic rings. The summed E-state index contributed by atoms with van der Waals surface area (Å²) in [5.41, 5.74) is 2.84. The van der Waals surface area contributed by atoms with Crippen molar-refractivity contribution >= 4 is 23.4 Å². The first-order valence-electron chi connectivity index (χ1n) is 11.0. The SMILES string of the molecule is CCNC(=O)C(Cc1ccccc1)N(Cc1ccccc1Cl)C(=O)COc1ccc(C)cc1. The third-order valence-electron chi connectivity index (χ3n) is 5.30. The van der Waals surface area contributed by atoms with Crippen LogP contribution in [0.15, 0.2) is 78.9 Å². The number of rotatable bonds is 10. The lowest BCUT2D eigenvalue weighted by molar-refractivity contribution is -0.142. The Morgan fingerprint density at radius 1 is 0.970 bits per heavy atom. The highest BCUT2D eigenvalue weighted by atomic mass is 35.5. The summed E-state index contributed by atoms with van der Waals surface area (Å²) in [7, 11) is 0. The van der Waals surface area contributed by atoms with E-state index in [0.29, 0.717) is 23.7 Å². The Bertz CT molecular complexity index is 1050. The molecule has 0 aliphatic rings. The van der Waals surface area contributed by atoms with E-state index in [0.717, 1.165) is 16.7 Å². The van der Waals surface area contributed by atoms with Gasteiger partial charge >= 0.3 is 0 Å². The molecule has 1 unspecified atom stereocenters. The average Bonchev–Trinajstić information content (AvgIpc) is 2.82. The summed E-state index contributed by atoms with van der Waals surface area (Å²) in [4.78, 5) is 28.1. The second-order valence-electron chi connectivity index (χ2n) is 7.81. The van der Waals surface area contributed by atoms with E-state index in [1.54, 1.807) is 11.0 Å². The van der Waals surface area contributed by atoms with E-state index >= 15 is 0 Å². The molecule has 0 aliphatic carbocycles. The number of nitrogens with one attached hydrogen (secondary N) is 1. The molecule has 172 valence electrons. The standard InChI is InChI=1S/C27H29ClN2O3/c1-3-29-27(32)25(17-21-9-5-4-6-10-21)30(18-22-11-7-8-12-24(22)28)26(31)19-33-23-15-13-20(2)14-16-23/h4-16,25H,3,17-19H2,1-2H3,(H,29,32). The number of carbonyl (C=O) groups excluding carboxylic acids is 2. The van der Waals surface area contributed by atoms with Gasteiger partial charge in [-0.3, -0.25) is 9.59 Å². The first-order chi connectivity index (χ1) is 16.0. The number of halogens is 1. The molecule has 0 spiro atoms. The highest BCUT2D eigenvalue weighted by molar-refractivity contribution is 6.31. The number of aryl methyl sites for hydroxylation is 1. The van der Waals surface area contributed by atoms with Crippen LogP contribution in [0, 0.1) is 6.92 Å². The number of nitrogens with zero attached hydrogens (tertiary/aromatic N) is 1. The molecular weight excluding hydrogens is 436 g/mol. The Kier molecular flexibility index (Phi) is 8.90. The topological polar surface area (TPSA) is 58.6 Å². The van der Waals surface area contributed by atoms with Crippen molar-refractivity contribution in [2.24, 2.45) is 0 Å². The lowest BCUT2D eigenvalue weighted by Gasteiger charge is -2.31. The van der Waals surface area contributed by atoms with Crippen molar-refractivity contribution in [3.63, 3.8) is 0 Å². The third kappa shape index (κ3) is 7.09. The number of hydrogen-bond acceptors (Lipinski definition) is 3. The summed E-state index contributed by atoms with van der Waals surface area (Å²) in [6.45, 7) is 4.33. The predicted octanol–water partition coefficient (Wildman–Crippen LogP) is 4.80. The average molecular weight is 465 g/mol. The van der Waals surface area contributed by atoms with Crippen LogP contribution in [0.4, 0.5) is 0 Å². The van der Waals surface area contributed by atoms with Gasteiger partial charge in [0.25, 0.3) is 5.91 Å². The monoisotopic (exact) mass is 464 g/mol. The van der Waals surface area contributed by atoms with E-state index in [-0.39, 0.29) is 25.0 Å². The molecule has 0 bridgehead atoms. The minimum absolute atomic E-state index is 0.182. The summed E-state index contributed by atoms with van der Waals surface area (Å²) >= 11 is 6.40. The zero-order valence-corrected chi connectivity index (χ0v) is 19.7. The van der Waals surface area contributed by atoms with Crippen molar-refractivity contribution < 1.29 is 14.3 Å². The fourth-order valence-electron chi connectivity index (χ4n) is 3.52. The Hall–Kier alpha value is -3.31. The second-order valence-corrected chi connectivity index (χ2v) is 8.22. The Labute approximate surface area is 200 Å². The minimum atomic E-state index is -0.710. The summed E-state index contributed by atoms with van der Waals surface area (Å²) in [6, 6.07) is 23.8. The summed E-state index contributed by atoms with van der Waals surface area (Å²) in [5, 5.41) is 3.42. The van der Waals surface area contributed by atoms with Gasteiger partial charge < -0.3 is 15.0 Å². The smallest absolute Gasteiger partial charge is 0.261 e. The van der Waals surface area contributed by atoms with E-state index in [9.17, 15) is 9.59 Å². The van der Waals surface area contributed by atoms with Crippen molar-refractivity contribution in [2.75, 3.05) is 13.2 Å². The van der Waals surface area contributed by atoms with Crippen LogP contribution in [0.25, 0.3) is 0 Å². The van der Waals surface area contributed by atoms with Crippen molar-refractivity contribution in [1.29, 1.82) is 0 Å². The van der Waals surface area contributed by atoms with Gasteiger partial charge in [-0.25, -0.2) is 0 Å². The fraction of sp³-hybridized carbons (Fsp3) is 0.259. The lowest BCUT2D eigenvalue weighted by Crippen LogP contribution is -2.51. The Morgan fingerprint density at radius 2 is 1.64 bits per heavy atom. The van der Waals surface area contributed by atoms with Crippen molar-refractivity contribution in [2.45, 2.75) is 32.9 Å². The van der Waals surface area contributed by atoms with Gasteiger partial charge in [0, 0.05) is 24.5 Å². The van der Waals surface area contributed by atoms with E-state index in [1.165, 1.54) is 0 Å². The molecule has 0 aliphatic heterocycles. The molecule has 0 fully saturated rings. The highest BCUT2D eigenvalue weighted by Crippen LogP contribution is 2.21. The Balaban J connectivity index is 1.89. The van der Waals surface area contributed by atoms with Gasteiger partial charge in [-0.05, 0) is 43.2 Å². The van der Waals surface area contributed by atoms with Crippen LogP contribution in [0.3, 0.4) is 0 Å².